The highest BCUT2D eigenvalue weighted by molar-refractivity contribution is 7.89. The van der Waals surface area contributed by atoms with Crippen LogP contribution in [0, 0.1) is 0 Å². The van der Waals surface area contributed by atoms with Gasteiger partial charge in [0.05, 0.1) is 16.3 Å². The summed E-state index contributed by atoms with van der Waals surface area (Å²) in [5.41, 5.74) is 2.21. The molecule has 2 aromatic carbocycles. The van der Waals surface area contributed by atoms with Gasteiger partial charge in [-0.15, -0.1) is 0 Å². The molecule has 1 heterocycles. The third-order valence-electron chi connectivity index (χ3n) is 3.36. The van der Waals surface area contributed by atoms with Gasteiger partial charge in [-0.3, -0.25) is 0 Å². The second-order valence-electron chi connectivity index (χ2n) is 4.99. The maximum absolute atomic E-state index is 12.1. The molecule has 0 aliphatic rings. The van der Waals surface area contributed by atoms with E-state index in [1.807, 2.05) is 24.3 Å². The summed E-state index contributed by atoms with van der Waals surface area (Å²) in [7, 11) is -3.67. The van der Waals surface area contributed by atoms with Gasteiger partial charge in [-0.2, -0.15) is 23.4 Å². The van der Waals surface area contributed by atoms with E-state index in [4.69, 9.17) is 0 Å². The Morgan fingerprint density at radius 1 is 1.08 bits per heavy atom. The number of nitrogens with one attached hydrogen (secondary N) is 1. The molecule has 1 N–H and O–H groups in total. The van der Waals surface area contributed by atoms with E-state index in [0.29, 0.717) is 5.71 Å². The van der Waals surface area contributed by atoms with Crippen molar-refractivity contribution in [1.29, 1.82) is 0 Å². The lowest BCUT2D eigenvalue weighted by molar-refractivity contribution is 0.584. The van der Waals surface area contributed by atoms with Crippen LogP contribution < -0.4 is 4.83 Å². The number of nitrogens with zero attached hydrogens (tertiary/aromatic N) is 4. The maximum Gasteiger partial charge on any atom is 0.276 e. The van der Waals surface area contributed by atoms with Crippen molar-refractivity contribution in [1.82, 2.24) is 19.6 Å². The second kappa shape index (κ2) is 6.63. The number of hydrazone groups is 1. The standard InChI is InChI=1S/C16H15N5O2S/c1-13(19-20-24(22,23)16-5-3-2-4-6-16)14-7-9-15(10-8-14)21-12-17-11-18-21/h2-12,20H,1H3. The number of rotatable bonds is 5. The predicted molar refractivity (Wildman–Crippen MR) is 90.3 cm³/mol. The molecule has 0 aliphatic heterocycles. The zero-order valence-corrected chi connectivity index (χ0v) is 13.7. The monoisotopic (exact) mass is 341 g/mol. The lowest BCUT2D eigenvalue weighted by Gasteiger charge is -2.06. The van der Waals surface area contributed by atoms with Crippen LogP contribution in [-0.2, 0) is 10.0 Å². The number of hydrogen-bond acceptors (Lipinski definition) is 5. The Kier molecular flexibility index (Phi) is 4.39. The van der Waals surface area contributed by atoms with Gasteiger partial charge in [0, 0.05) is 0 Å². The Morgan fingerprint density at radius 3 is 2.42 bits per heavy atom. The third kappa shape index (κ3) is 3.49. The van der Waals surface area contributed by atoms with Gasteiger partial charge in [0.25, 0.3) is 10.0 Å². The quantitative estimate of drug-likeness (QED) is 0.567. The van der Waals surface area contributed by atoms with Crippen molar-refractivity contribution >= 4 is 15.7 Å². The van der Waals surface area contributed by atoms with Crippen LogP contribution >= 0.6 is 0 Å². The summed E-state index contributed by atoms with van der Waals surface area (Å²) in [6.07, 6.45) is 3.06. The molecule has 0 saturated carbocycles. The molecule has 7 nitrogen and oxygen atoms in total. The number of hydrogen-bond donors (Lipinski definition) is 1. The molecule has 0 unspecified atom stereocenters. The molecule has 0 atom stereocenters. The number of benzene rings is 2. The first-order valence-electron chi connectivity index (χ1n) is 7.13. The van der Waals surface area contributed by atoms with Gasteiger partial charge in [0.15, 0.2) is 0 Å². The van der Waals surface area contributed by atoms with Gasteiger partial charge in [0.2, 0.25) is 0 Å². The van der Waals surface area contributed by atoms with Crippen LogP contribution in [-0.4, -0.2) is 28.9 Å². The summed E-state index contributed by atoms with van der Waals surface area (Å²) in [6, 6.07) is 15.5. The molecule has 0 fully saturated rings. The minimum absolute atomic E-state index is 0.170. The minimum atomic E-state index is -3.67. The van der Waals surface area contributed by atoms with E-state index in [9.17, 15) is 8.42 Å². The summed E-state index contributed by atoms with van der Waals surface area (Å²) >= 11 is 0. The average Bonchev–Trinajstić information content (AvgIpc) is 3.15. The highest BCUT2D eigenvalue weighted by Gasteiger charge is 2.12. The van der Waals surface area contributed by atoms with Crippen molar-refractivity contribution in [2.75, 3.05) is 0 Å². The molecular weight excluding hydrogens is 326 g/mol. The van der Waals surface area contributed by atoms with Gasteiger partial charge >= 0.3 is 0 Å². The Labute approximate surface area is 139 Å². The molecule has 0 spiro atoms. The van der Waals surface area contributed by atoms with Crippen molar-refractivity contribution in [3.8, 4) is 5.69 Å². The topological polar surface area (TPSA) is 89.2 Å². The van der Waals surface area contributed by atoms with Gasteiger partial charge in [-0.1, -0.05) is 30.3 Å². The van der Waals surface area contributed by atoms with Crippen LogP contribution in [0.1, 0.15) is 12.5 Å². The molecule has 0 amide bonds. The summed E-state index contributed by atoms with van der Waals surface area (Å²) in [5, 5.41) is 8.03. The van der Waals surface area contributed by atoms with Crippen LogP contribution in [0.15, 0.2) is 77.2 Å². The average molecular weight is 341 g/mol. The van der Waals surface area contributed by atoms with Gasteiger partial charge in [-0.25, -0.2) is 9.67 Å². The van der Waals surface area contributed by atoms with Gasteiger partial charge < -0.3 is 0 Å². The normalized spacial score (nSPS) is 12.1. The summed E-state index contributed by atoms with van der Waals surface area (Å²) < 4.78 is 25.9. The molecule has 0 aliphatic carbocycles. The third-order valence-corrected chi connectivity index (χ3v) is 4.58. The summed E-state index contributed by atoms with van der Waals surface area (Å²) in [6.45, 7) is 1.73. The van der Waals surface area contributed by atoms with Crippen LogP contribution in [0.25, 0.3) is 5.69 Å². The molecule has 0 bridgehead atoms. The van der Waals surface area contributed by atoms with E-state index >= 15 is 0 Å². The molecule has 8 heteroatoms. The molecule has 24 heavy (non-hydrogen) atoms. The minimum Gasteiger partial charge on any atom is -0.223 e. The van der Waals surface area contributed by atoms with E-state index in [-0.39, 0.29) is 4.90 Å². The number of sulfonamides is 1. The fraction of sp³-hybridized carbons (Fsp3) is 0.0625. The lowest BCUT2D eigenvalue weighted by Crippen LogP contribution is -2.19. The van der Waals surface area contributed by atoms with Gasteiger partial charge in [-0.05, 0) is 36.8 Å². The Balaban J connectivity index is 1.76. The fourth-order valence-electron chi connectivity index (χ4n) is 2.04. The first-order valence-corrected chi connectivity index (χ1v) is 8.61. The predicted octanol–water partition coefficient (Wildman–Crippen LogP) is 1.97. The smallest absolute Gasteiger partial charge is 0.223 e. The zero-order chi connectivity index (χ0) is 17.0. The van der Waals surface area contributed by atoms with Crippen molar-refractivity contribution in [3.05, 3.63) is 72.8 Å². The highest BCUT2D eigenvalue weighted by atomic mass is 32.2. The lowest BCUT2D eigenvalue weighted by atomic mass is 10.1. The van der Waals surface area contributed by atoms with E-state index in [1.54, 1.807) is 36.1 Å². The molecular formula is C16H15N5O2S. The zero-order valence-electron chi connectivity index (χ0n) is 12.9. The highest BCUT2D eigenvalue weighted by Crippen LogP contribution is 2.10. The molecule has 0 radical (unpaired) electrons. The van der Waals surface area contributed by atoms with Crippen LogP contribution in [0.2, 0.25) is 0 Å². The van der Waals surface area contributed by atoms with Crippen molar-refractivity contribution < 1.29 is 8.42 Å². The SMILES string of the molecule is CC(=NNS(=O)(=O)c1ccccc1)c1ccc(-n2cncn2)cc1. The molecule has 0 saturated heterocycles. The Bertz CT molecular complexity index is 934. The van der Waals surface area contributed by atoms with Gasteiger partial charge in [0.1, 0.15) is 12.7 Å². The Hall–Kier alpha value is -3.00. The van der Waals surface area contributed by atoms with Crippen molar-refractivity contribution in [3.63, 3.8) is 0 Å². The van der Waals surface area contributed by atoms with Crippen LogP contribution in [0.4, 0.5) is 0 Å². The van der Waals surface area contributed by atoms with E-state index < -0.39 is 10.0 Å². The number of aromatic nitrogens is 3. The van der Waals surface area contributed by atoms with Crippen molar-refractivity contribution in [2.45, 2.75) is 11.8 Å². The molecule has 3 rings (SSSR count). The molecule has 1 aromatic heterocycles. The summed E-state index contributed by atoms with van der Waals surface area (Å²) in [4.78, 5) is 6.31. The molecule has 3 aromatic rings. The maximum atomic E-state index is 12.1. The molecule has 122 valence electrons. The second-order valence-corrected chi connectivity index (χ2v) is 6.65. The fourth-order valence-corrected chi connectivity index (χ4v) is 2.92. The summed E-state index contributed by atoms with van der Waals surface area (Å²) in [5.74, 6) is 0. The first kappa shape index (κ1) is 15.9. The van der Waals surface area contributed by atoms with Crippen LogP contribution in [0.3, 0.4) is 0 Å². The van der Waals surface area contributed by atoms with Crippen molar-refractivity contribution in [2.24, 2.45) is 5.10 Å². The van der Waals surface area contributed by atoms with E-state index in [0.717, 1.165) is 11.3 Å². The Morgan fingerprint density at radius 2 is 1.79 bits per heavy atom. The largest absolute Gasteiger partial charge is 0.276 e. The van der Waals surface area contributed by atoms with E-state index in [2.05, 4.69) is 20.0 Å². The van der Waals surface area contributed by atoms with Crippen LogP contribution in [0.5, 0.6) is 0 Å². The van der Waals surface area contributed by atoms with E-state index in [1.165, 1.54) is 18.5 Å². The first-order chi connectivity index (χ1) is 11.6.